The third-order valence-electron chi connectivity index (χ3n) is 2.71. The highest BCUT2D eigenvalue weighted by Crippen LogP contribution is 2.20. The number of nitrogens with zero attached hydrogens (tertiary/aromatic N) is 2. The molecule has 0 aliphatic heterocycles. The van der Waals surface area contributed by atoms with Gasteiger partial charge < -0.3 is 14.5 Å². The zero-order valence-corrected chi connectivity index (χ0v) is 13.5. The van der Waals surface area contributed by atoms with Gasteiger partial charge in [-0.25, -0.2) is 0 Å². The van der Waals surface area contributed by atoms with E-state index in [2.05, 4.69) is 22.4 Å². The van der Waals surface area contributed by atoms with Crippen molar-refractivity contribution in [2.45, 2.75) is 38.5 Å². The van der Waals surface area contributed by atoms with Crippen LogP contribution in [-0.4, -0.2) is 21.9 Å². The van der Waals surface area contributed by atoms with Crippen LogP contribution >= 0.6 is 11.8 Å². The summed E-state index contributed by atoms with van der Waals surface area (Å²) < 4.78 is 11.1. The summed E-state index contributed by atoms with van der Waals surface area (Å²) in [6.45, 7) is 3.84. The zero-order chi connectivity index (χ0) is 15.8. The van der Waals surface area contributed by atoms with E-state index in [4.69, 9.17) is 9.15 Å². The number of ether oxygens (including phenoxy) is 1. The van der Waals surface area contributed by atoms with E-state index in [1.54, 1.807) is 36.0 Å². The van der Waals surface area contributed by atoms with Crippen LogP contribution in [0.15, 0.2) is 33.9 Å². The summed E-state index contributed by atoms with van der Waals surface area (Å²) in [6, 6.07) is 7.10. The molecule has 1 N–H and O–H groups in total. The summed E-state index contributed by atoms with van der Waals surface area (Å²) >= 11 is 1.56. The average Bonchev–Trinajstić information content (AvgIpc) is 2.94. The summed E-state index contributed by atoms with van der Waals surface area (Å²) in [7, 11) is 0. The molecule has 0 unspecified atom stereocenters. The first-order valence-corrected chi connectivity index (χ1v) is 8.11. The lowest BCUT2D eigenvalue weighted by atomic mass is 10.3. The monoisotopic (exact) mass is 321 g/mol. The number of thioether (sulfide) groups is 1. The molecule has 0 saturated heterocycles. The van der Waals surface area contributed by atoms with Gasteiger partial charge in [0.05, 0.1) is 0 Å². The van der Waals surface area contributed by atoms with Crippen LogP contribution in [0.5, 0.6) is 5.75 Å². The van der Waals surface area contributed by atoms with Gasteiger partial charge in [-0.15, -0.1) is 10.2 Å². The first kappa shape index (κ1) is 16.4. The number of anilines is 1. The Kier molecular flexibility index (Phi) is 6.27. The highest BCUT2D eigenvalue weighted by atomic mass is 32.2. The molecule has 118 valence electrons. The van der Waals surface area contributed by atoms with Crippen molar-refractivity contribution in [1.29, 1.82) is 0 Å². The number of hydrogen-bond acceptors (Lipinski definition) is 6. The summed E-state index contributed by atoms with van der Waals surface area (Å²) in [5.74, 6) is 1.99. The first-order chi connectivity index (χ1) is 10.7. The van der Waals surface area contributed by atoms with Crippen LogP contribution in [0.25, 0.3) is 0 Å². The maximum Gasteiger partial charge on any atom is 0.276 e. The second-order valence-corrected chi connectivity index (χ2v) is 5.70. The topological polar surface area (TPSA) is 77.3 Å². The molecule has 1 aromatic heterocycles. The van der Waals surface area contributed by atoms with Crippen LogP contribution in [0.1, 0.15) is 32.6 Å². The minimum absolute atomic E-state index is 0.104. The molecule has 0 aliphatic carbocycles. The molecule has 22 heavy (non-hydrogen) atoms. The molecular weight excluding hydrogens is 302 g/mol. The predicted octanol–water partition coefficient (Wildman–Crippen LogP) is 3.50. The fraction of sp³-hybridized carbons (Fsp3) is 0.400. The fourth-order valence-electron chi connectivity index (χ4n) is 1.64. The molecule has 6 nitrogen and oxygen atoms in total. The van der Waals surface area contributed by atoms with Crippen LogP contribution in [0.4, 0.5) is 5.69 Å². The summed E-state index contributed by atoms with van der Waals surface area (Å²) in [5.41, 5.74) is 0.729. The minimum atomic E-state index is -0.104. The molecule has 1 amide bonds. The maximum absolute atomic E-state index is 10.9. The Hall–Kier alpha value is -2.02. The van der Waals surface area contributed by atoms with Crippen molar-refractivity contribution in [3.63, 3.8) is 0 Å². The van der Waals surface area contributed by atoms with Gasteiger partial charge in [-0.2, -0.15) is 0 Å². The van der Waals surface area contributed by atoms with Crippen molar-refractivity contribution in [3.8, 4) is 5.75 Å². The van der Waals surface area contributed by atoms with E-state index >= 15 is 0 Å². The molecule has 2 rings (SSSR count). The quantitative estimate of drug-likeness (QED) is 0.592. The average molecular weight is 321 g/mol. The van der Waals surface area contributed by atoms with Crippen LogP contribution in [0, 0.1) is 0 Å². The van der Waals surface area contributed by atoms with E-state index in [-0.39, 0.29) is 12.5 Å². The highest BCUT2D eigenvalue weighted by Gasteiger charge is 2.07. The number of hydrogen-bond donors (Lipinski definition) is 1. The number of benzene rings is 1. The summed E-state index contributed by atoms with van der Waals surface area (Å²) in [4.78, 5) is 10.9. The van der Waals surface area contributed by atoms with Gasteiger partial charge in [0.25, 0.3) is 11.1 Å². The number of carbonyl (C=O) groups excluding carboxylic acids is 1. The SMILES string of the molecule is CCCCSc1nnc(COc2ccc(NC(C)=O)cc2)o1. The molecule has 0 radical (unpaired) electrons. The molecule has 0 saturated carbocycles. The summed E-state index contributed by atoms with van der Waals surface area (Å²) in [6.07, 6.45) is 2.27. The van der Waals surface area contributed by atoms with Crippen molar-refractivity contribution in [2.24, 2.45) is 0 Å². The number of aromatic nitrogens is 2. The molecule has 1 aromatic carbocycles. The van der Waals surface area contributed by atoms with Crippen LogP contribution < -0.4 is 10.1 Å². The van der Waals surface area contributed by atoms with Gasteiger partial charge >= 0.3 is 0 Å². The van der Waals surface area contributed by atoms with E-state index in [1.165, 1.54) is 6.92 Å². The third-order valence-corrected chi connectivity index (χ3v) is 3.61. The van der Waals surface area contributed by atoms with E-state index in [0.29, 0.717) is 16.9 Å². The van der Waals surface area contributed by atoms with Gasteiger partial charge in [0.2, 0.25) is 5.91 Å². The number of unbranched alkanes of at least 4 members (excludes halogenated alkanes) is 1. The lowest BCUT2D eigenvalue weighted by Gasteiger charge is -2.05. The summed E-state index contributed by atoms with van der Waals surface area (Å²) in [5, 5.41) is 11.2. The molecule has 0 spiro atoms. The maximum atomic E-state index is 10.9. The zero-order valence-electron chi connectivity index (χ0n) is 12.7. The molecule has 2 aromatic rings. The largest absolute Gasteiger partial charge is 0.484 e. The number of amides is 1. The number of carbonyl (C=O) groups is 1. The van der Waals surface area contributed by atoms with Crippen LogP contribution in [0.2, 0.25) is 0 Å². The predicted molar refractivity (Wildman–Crippen MR) is 85.0 cm³/mol. The Morgan fingerprint density at radius 2 is 2.09 bits per heavy atom. The lowest BCUT2D eigenvalue weighted by molar-refractivity contribution is -0.114. The van der Waals surface area contributed by atoms with Crippen molar-refractivity contribution < 1.29 is 13.9 Å². The number of nitrogens with one attached hydrogen (secondary N) is 1. The van der Waals surface area contributed by atoms with Crippen molar-refractivity contribution in [3.05, 3.63) is 30.2 Å². The normalized spacial score (nSPS) is 10.5. The molecule has 0 bridgehead atoms. The van der Waals surface area contributed by atoms with Gasteiger partial charge in [-0.05, 0) is 30.7 Å². The lowest BCUT2D eigenvalue weighted by Crippen LogP contribution is -2.05. The van der Waals surface area contributed by atoms with Gasteiger partial charge in [-0.3, -0.25) is 4.79 Å². The standard InChI is InChI=1S/C15H19N3O3S/c1-3-4-9-22-15-18-17-14(21-15)10-20-13-7-5-12(6-8-13)16-11(2)19/h5-8H,3-4,9-10H2,1-2H3,(H,16,19). The minimum Gasteiger partial charge on any atom is -0.484 e. The third kappa shape index (κ3) is 5.40. The second-order valence-electron chi connectivity index (χ2n) is 4.66. The van der Waals surface area contributed by atoms with Crippen molar-refractivity contribution in [2.75, 3.05) is 11.1 Å². The van der Waals surface area contributed by atoms with Gasteiger partial charge in [0.15, 0.2) is 6.61 Å². The van der Waals surface area contributed by atoms with E-state index < -0.39 is 0 Å². The van der Waals surface area contributed by atoms with Gasteiger partial charge in [-0.1, -0.05) is 25.1 Å². The Morgan fingerprint density at radius 3 is 2.77 bits per heavy atom. The van der Waals surface area contributed by atoms with E-state index in [0.717, 1.165) is 24.3 Å². The van der Waals surface area contributed by atoms with Gasteiger partial charge in [0, 0.05) is 18.4 Å². The Morgan fingerprint density at radius 1 is 1.32 bits per heavy atom. The highest BCUT2D eigenvalue weighted by molar-refractivity contribution is 7.99. The van der Waals surface area contributed by atoms with E-state index in [9.17, 15) is 4.79 Å². The smallest absolute Gasteiger partial charge is 0.276 e. The first-order valence-electron chi connectivity index (χ1n) is 7.13. The Balaban J connectivity index is 1.81. The molecule has 0 fully saturated rings. The molecule has 0 atom stereocenters. The molecular formula is C15H19N3O3S. The van der Waals surface area contributed by atoms with Crippen molar-refractivity contribution >= 4 is 23.4 Å². The Bertz CT molecular complexity index is 598. The second kappa shape index (κ2) is 8.43. The molecule has 7 heteroatoms. The molecule has 1 heterocycles. The van der Waals surface area contributed by atoms with Crippen LogP contribution in [-0.2, 0) is 11.4 Å². The number of rotatable bonds is 8. The van der Waals surface area contributed by atoms with Crippen molar-refractivity contribution in [1.82, 2.24) is 10.2 Å². The van der Waals surface area contributed by atoms with Crippen LogP contribution in [0.3, 0.4) is 0 Å². The Labute approximate surface area is 133 Å². The molecule has 0 aliphatic rings. The fourth-order valence-corrected chi connectivity index (χ4v) is 2.50. The van der Waals surface area contributed by atoms with E-state index in [1.807, 2.05) is 0 Å². The van der Waals surface area contributed by atoms with Gasteiger partial charge in [0.1, 0.15) is 5.75 Å².